The van der Waals surface area contributed by atoms with Crippen LogP contribution in [0.3, 0.4) is 0 Å². The molecule has 1 atom stereocenters. The van der Waals surface area contributed by atoms with Crippen LogP contribution in [-0.4, -0.2) is 28.1 Å². The van der Waals surface area contributed by atoms with Crippen molar-refractivity contribution in [2.24, 2.45) is 5.73 Å². The van der Waals surface area contributed by atoms with Gasteiger partial charge < -0.3 is 14.9 Å². The Morgan fingerprint density at radius 3 is 2.58 bits per heavy atom. The summed E-state index contributed by atoms with van der Waals surface area (Å²) in [5, 5.41) is 0. The third kappa shape index (κ3) is 3.08. The molecule has 2 aromatic heterocycles. The number of ether oxygens (including phenoxy) is 1. The maximum atomic E-state index is 5.78. The van der Waals surface area contributed by atoms with Crippen molar-refractivity contribution in [3.8, 4) is 17.3 Å². The van der Waals surface area contributed by atoms with Gasteiger partial charge in [-0.3, -0.25) is 0 Å². The number of nitrogens with zero attached hydrogens (tertiary/aromatic N) is 3. The summed E-state index contributed by atoms with van der Waals surface area (Å²) in [4.78, 5) is 13.0. The van der Waals surface area contributed by atoms with E-state index in [1.807, 2.05) is 13.8 Å². The smallest absolute Gasteiger partial charge is 0.217 e. The summed E-state index contributed by atoms with van der Waals surface area (Å²) in [5.74, 6) is 2.38. The van der Waals surface area contributed by atoms with Crippen LogP contribution in [0.4, 0.5) is 0 Å². The van der Waals surface area contributed by atoms with Crippen molar-refractivity contribution >= 4 is 0 Å². The second-order valence-electron chi connectivity index (χ2n) is 4.54. The van der Waals surface area contributed by atoms with Crippen LogP contribution in [0, 0.1) is 13.8 Å². The topological polar surface area (TPSA) is 87.1 Å². The minimum absolute atomic E-state index is 0.0162. The van der Waals surface area contributed by atoms with Crippen LogP contribution in [0.2, 0.25) is 0 Å². The quantitative estimate of drug-likeness (QED) is 0.901. The molecule has 0 radical (unpaired) electrons. The first-order valence-electron chi connectivity index (χ1n) is 6.11. The van der Waals surface area contributed by atoms with E-state index in [0.29, 0.717) is 35.5 Å². The largest absolute Gasteiger partial charge is 0.481 e. The van der Waals surface area contributed by atoms with Gasteiger partial charge in [0.15, 0.2) is 11.7 Å². The highest BCUT2D eigenvalue weighted by Crippen LogP contribution is 2.25. The number of oxazole rings is 1. The lowest BCUT2D eigenvalue weighted by molar-refractivity contribution is 0.394. The van der Waals surface area contributed by atoms with Gasteiger partial charge in [0.05, 0.1) is 12.8 Å². The number of methoxy groups -OCH3 is 1. The van der Waals surface area contributed by atoms with Gasteiger partial charge in [0.2, 0.25) is 5.88 Å². The average Bonchev–Trinajstić information content (AvgIpc) is 2.67. The minimum Gasteiger partial charge on any atom is -0.481 e. The molecule has 0 spiro atoms. The second-order valence-corrected chi connectivity index (χ2v) is 4.54. The summed E-state index contributed by atoms with van der Waals surface area (Å²) < 4.78 is 10.8. The van der Waals surface area contributed by atoms with Crippen molar-refractivity contribution in [1.29, 1.82) is 0 Å². The molecule has 0 aliphatic carbocycles. The van der Waals surface area contributed by atoms with Gasteiger partial charge in [0.25, 0.3) is 0 Å². The molecule has 102 valence electrons. The Morgan fingerprint density at radius 2 is 2.05 bits per heavy atom. The molecule has 1 unspecified atom stereocenters. The minimum atomic E-state index is -0.0162. The molecule has 0 fully saturated rings. The van der Waals surface area contributed by atoms with Crippen LogP contribution in [0.5, 0.6) is 5.88 Å². The van der Waals surface area contributed by atoms with Crippen molar-refractivity contribution in [2.45, 2.75) is 33.2 Å². The predicted molar refractivity (Wildman–Crippen MR) is 70.9 cm³/mol. The van der Waals surface area contributed by atoms with Gasteiger partial charge in [-0.05, 0) is 13.8 Å². The third-order valence-electron chi connectivity index (χ3n) is 2.60. The number of hydrogen-bond acceptors (Lipinski definition) is 6. The number of aromatic nitrogens is 3. The van der Waals surface area contributed by atoms with Crippen molar-refractivity contribution in [1.82, 2.24) is 15.0 Å². The normalized spacial score (nSPS) is 12.5. The molecular weight excluding hydrogens is 244 g/mol. The Morgan fingerprint density at radius 1 is 1.32 bits per heavy atom. The molecule has 2 aromatic rings. The first-order chi connectivity index (χ1) is 8.99. The fourth-order valence-corrected chi connectivity index (χ4v) is 1.84. The van der Waals surface area contributed by atoms with Crippen molar-refractivity contribution < 1.29 is 9.15 Å². The Labute approximate surface area is 112 Å². The maximum absolute atomic E-state index is 5.78. The average molecular weight is 262 g/mol. The van der Waals surface area contributed by atoms with E-state index in [1.54, 1.807) is 20.1 Å². The monoisotopic (exact) mass is 262 g/mol. The van der Waals surface area contributed by atoms with Crippen LogP contribution in [0.1, 0.15) is 24.3 Å². The maximum Gasteiger partial charge on any atom is 0.217 e. The molecule has 0 amide bonds. The number of aryl methyl sites for hydroxylation is 2. The highest BCUT2D eigenvalue weighted by Gasteiger charge is 2.15. The van der Waals surface area contributed by atoms with E-state index in [9.17, 15) is 0 Å². The molecule has 0 aromatic carbocycles. The van der Waals surface area contributed by atoms with Crippen LogP contribution < -0.4 is 10.5 Å². The van der Waals surface area contributed by atoms with Crippen molar-refractivity contribution in [3.63, 3.8) is 0 Å². The van der Waals surface area contributed by atoms with Gasteiger partial charge in [0.1, 0.15) is 11.5 Å². The third-order valence-corrected chi connectivity index (χ3v) is 2.60. The molecule has 0 aliphatic rings. The second kappa shape index (κ2) is 5.36. The Hall–Kier alpha value is -1.95. The van der Waals surface area contributed by atoms with Gasteiger partial charge in [-0.15, -0.1) is 0 Å². The van der Waals surface area contributed by atoms with Crippen LogP contribution in [-0.2, 0) is 6.42 Å². The zero-order valence-electron chi connectivity index (χ0n) is 11.6. The fourth-order valence-electron chi connectivity index (χ4n) is 1.84. The molecule has 0 aliphatic heterocycles. The summed E-state index contributed by atoms with van der Waals surface area (Å²) >= 11 is 0. The molecule has 2 N–H and O–H groups in total. The molecular formula is C13H18N4O2. The Kier molecular flexibility index (Phi) is 3.80. The summed E-state index contributed by atoms with van der Waals surface area (Å²) in [6, 6.07) is 1.72. The molecule has 2 heterocycles. The van der Waals surface area contributed by atoms with Gasteiger partial charge in [-0.2, -0.15) is 4.98 Å². The lowest BCUT2D eigenvalue weighted by atomic mass is 10.2. The standard InChI is InChI=1S/C13H18N4O2/c1-7(14)5-11-16-10(6-12(17-11)18-4)13-8(2)15-9(3)19-13/h6-7H,5,14H2,1-4H3. The molecule has 0 saturated carbocycles. The van der Waals surface area contributed by atoms with E-state index in [4.69, 9.17) is 14.9 Å². The SMILES string of the molecule is COc1cc(-c2oc(C)nc2C)nc(CC(C)N)n1. The van der Waals surface area contributed by atoms with E-state index in [1.165, 1.54) is 0 Å². The molecule has 6 nitrogen and oxygen atoms in total. The first kappa shape index (κ1) is 13.5. The van der Waals surface area contributed by atoms with Gasteiger partial charge in [0, 0.05) is 25.5 Å². The molecule has 6 heteroatoms. The highest BCUT2D eigenvalue weighted by molar-refractivity contribution is 5.56. The Bertz CT molecular complexity index is 578. The molecule has 19 heavy (non-hydrogen) atoms. The van der Waals surface area contributed by atoms with Crippen LogP contribution in [0.15, 0.2) is 10.5 Å². The Balaban J connectivity index is 2.47. The van der Waals surface area contributed by atoms with E-state index in [2.05, 4.69) is 15.0 Å². The van der Waals surface area contributed by atoms with Gasteiger partial charge >= 0.3 is 0 Å². The fraction of sp³-hybridized carbons (Fsp3) is 0.462. The van der Waals surface area contributed by atoms with E-state index >= 15 is 0 Å². The summed E-state index contributed by atoms with van der Waals surface area (Å²) in [6.45, 7) is 5.59. The number of hydrogen-bond donors (Lipinski definition) is 1. The highest BCUT2D eigenvalue weighted by atomic mass is 16.5. The first-order valence-corrected chi connectivity index (χ1v) is 6.11. The number of rotatable bonds is 4. The zero-order valence-corrected chi connectivity index (χ0v) is 11.6. The predicted octanol–water partition coefficient (Wildman–Crippen LogP) is 1.65. The summed E-state index contributed by atoms with van der Waals surface area (Å²) in [5.41, 5.74) is 7.25. The number of nitrogens with two attached hydrogens (primary N) is 1. The lowest BCUT2D eigenvalue weighted by Crippen LogP contribution is -2.19. The van der Waals surface area contributed by atoms with E-state index < -0.39 is 0 Å². The van der Waals surface area contributed by atoms with E-state index in [-0.39, 0.29) is 6.04 Å². The summed E-state index contributed by atoms with van der Waals surface area (Å²) in [6.07, 6.45) is 0.580. The lowest BCUT2D eigenvalue weighted by Gasteiger charge is -2.08. The van der Waals surface area contributed by atoms with Crippen molar-refractivity contribution in [3.05, 3.63) is 23.5 Å². The van der Waals surface area contributed by atoms with E-state index in [0.717, 1.165) is 5.69 Å². The molecule has 2 rings (SSSR count). The zero-order chi connectivity index (χ0) is 14.0. The molecule has 0 bridgehead atoms. The van der Waals surface area contributed by atoms with Crippen LogP contribution in [0.25, 0.3) is 11.5 Å². The van der Waals surface area contributed by atoms with Gasteiger partial charge in [-0.25, -0.2) is 9.97 Å². The summed E-state index contributed by atoms with van der Waals surface area (Å²) in [7, 11) is 1.57. The van der Waals surface area contributed by atoms with Crippen LogP contribution >= 0.6 is 0 Å². The molecule has 0 saturated heterocycles. The van der Waals surface area contributed by atoms with Gasteiger partial charge in [-0.1, -0.05) is 0 Å². The van der Waals surface area contributed by atoms with Crippen molar-refractivity contribution in [2.75, 3.05) is 7.11 Å².